The Kier molecular flexibility index (Phi) is 7.58. The van der Waals surface area contributed by atoms with Crippen molar-refractivity contribution in [2.24, 2.45) is 5.92 Å². The van der Waals surface area contributed by atoms with Gasteiger partial charge in [0.15, 0.2) is 0 Å². The maximum Gasteiger partial charge on any atom is 0.234 e. The van der Waals surface area contributed by atoms with Crippen LogP contribution in [-0.4, -0.2) is 36.4 Å². The normalized spacial score (nSPS) is 14.5. The van der Waals surface area contributed by atoms with Gasteiger partial charge in [0.2, 0.25) is 11.8 Å². The molecule has 1 fully saturated rings. The largest absolute Gasteiger partial charge is 0.372 e. The topological polar surface area (TPSA) is 61.4 Å². The zero-order chi connectivity index (χ0) is 20.6. The van der Waals surface area contributed by atoms with Crippen LogP contribution in [0.1, 0.15) is 25.3 Å². The Bertz CT molecular complexity index is 830. The maximum absolute atomic E-state index is 12.1. The number of nitrogens with one attached hydrogen (secondary N) is 2. The molecule has 154 valence electrons. The summed E-state index contributed by atoms with van der Waals surface area (Å²) in [6.45, 7) is 6.47. The standard InChI is InChI=1S/C23H29N3O2S/c1-17-10-12-26(13-11-17)21-8-6-19(7-9-21)24-22(27)15-29-16-23(28)25-20-5-3-4-18(2)14-20/h3-9,14,17H,10-13,15-16H2,1-2H3,(H,24,27)(H,25,28). The molecule has 0 radical (unpaired) electrons. The molecule has 1 aliphatic rings. The van der Waals surface area contributed by atoms with Gasteiger partial charge < -0.3 is 15.5 Å². The van der Waals surface area contributed by atoms with Gasteiger partial charge in [-0.15, -0.1) is 11.8 Å². The average molecular weight is 412 g/mol. The van der Waals surface area contributed by atoms with Crippen LogP contribution in [0.5, 0.6) is 0 Å². The lowest BCUT2D eigenvalue weighted by molar-refractivity contribution is -0.114. The monoisotopic (exact) mass is 411 g/mol. The van der Waals surface area contributed by atoms with Gasteiger partial charge in [0.25, 0.3) is 0 Å². The number of hydrogen-bond acceptors (Lipinski definition) is 4. The minimum Gasteiger partial charge on any atom is -0.372 e. The van der Waals surface area contributed by atoms with Crippen LogP contribution in [0.25, 0.3) is 0 Å². The van der Waals surface area contributed by atoms with E-state index in [-0.39, 0.29) is 23.3 Å². The summed E-state index contributed by atoms with van der Waals surface area (Å²) in [5.41, 5.74) is 3.87. The molecule has 1 aliphatic heterocycles. The highest BCUT2D eigenvalue weighted by molar-refractivity contribution is 8.00. The van der Waals surface area contributed by atoms with E-state index in [0.717, 1.165) is 35.9 Å². The quantitative estimate of drug-likeness (QED) is 0.702. The number of aryl methyl sites for hydroxylation is 1. The Hall–Kier alpha value is -2.47. The summed E-state index contributed by atoms with van der Waals surface area (Å²) in [5.74, 6) is 1.09. The summed E-state index contributed by atoms with van der Waals surface area (Å²) < 4.78 is 0. The van der Waals surface area contributed by atoms with Crippen molar-refractivity contribution >= 4 is 40.6 Å². The van der Waals surface area contributed by atoms with Crippen LogP contribution in [0.15, 0.2) is 48.5 Å². The van der Waals surface area contributed by atoms with Crippen LogP contribution in [0.2, 0.25) is 0 Å². The number of hydrogen-bond donors (Lipinski definition) is 2. The van der Waals surface area contributed by atoms with Gasteiger partial charge >= 0.3 is 0 Å². The van der Waals surface area contributed by atoms with Gasteiger partial charge in [0.1, 0.15) is 0 Å². The third-order valence-electron chi connectivity index (χ3n) is 5.07. The number of piperidine rings is 1. The molecule has 5 nitrogen and oxygen atoms in total. The van der Waals surface area contributed by atoms with Crippen molar-refractivity contribution in [3.05, 3.63) is 54.1 Å². The van der Waals surface area contributed by atoms with Crippen molar-refractivity contribution in [1.82, 2.24) is 0 Å². The minimum absolute atomic E-state index is 0.0992. The van der Waals surface area contributed by atoms with E-state index in [4.69, 9.17) is 0 Å². The summed E-state index contributed by atoms with van der Waals surface area (Å²) in [5, 5.41) is 5.75. The molecule has 1 saturated heterocycles. The van der Waals surface area contributed by atoms with Crippen LogP contribution in [0.4, 0.5) is 17.1 Å². The highest BCUT2D eigenvalue weighted by Gasteiger charge is 2.16. The third kappa shape index (κ3) is 6.82. The third-order valence-corrected chi connectivity index (χ3v) is 6.00. The summed E-state index contributed by atoms with van der Waals surface area (Å²) in [4.78, 5) is 26.5. The zero-order valence-corrected chi connectivity index (χ0v) is 17.9. The van der Waals surface area contributed by atoms with Crippen molar-refractivity contribution in [3.63, 3.8) is 0 Å². The van der Waals surface area contributed by atoms with Gasteiger partial charge in [-0.2, -0.15) is 0 Å². The fraction of sp³-hybridized carbons (Fsp3) is 0.391. The van der Waals surface area contributed by atoms with E-state index >= 15 is 0 Å². The van der Waals surface area contributed by atoms with Gasteiger partial charge in [0.05, 0.1) is 11.5 Å². The Morgan fingerprint density at radius 1 is 0.966 bits per heavy atom. The van der Waals surface area contributed by atoms with Gasteiger partial charge in [-0.3, -0.25) is 9.59 Å². The van der Waals surface area contributed by atoms with E-state index in [2.05, 4.69) is 34.6 Å². The Labute approximate surface area is 177 Å². The molecule has 2 aromatic rings. The molecule has 0 spiro atoms. The van der Waals surface area contributed by atoms with Gasteiger partial charge in [-0.25, -0.2) is 0 Å². The highest BCUT2D eigenvalue weighted by atomic mass is 32.2. The Balaban J connectivity index is 1.38. The van der Waals surface area contributed by atoms with E-state index in [0.29, 0.717) is 0 Å². The summed E-state index contributed by atoms with van der Waals surface area (Å²) >= 11 is 1.31. The molecular weight excluding hydrogens is 382 g/mol. The second-order valence-corrected chi connectivity index (χ2v) is 8.66. The lowest BCUT2D eigenvalue weighted by Gasteiger charge is -2.32. The van der Waals surface area contributed by atoms with Crippen LogP contribution < -0.4 is 15.5 Å². The molecule has 2 amide bonds. The lowest BCUT2D eigenvalue weighted by Crippen LogP contribution is -2.32. The molecule has 0 bridgehead atoms. The molecule has 0 aromatic heterocycles. The fourth-order valence-corrected chi connectivity index (χ4v) is 3.99. The van der Waals surface area contributed by atoms with E-state index in [1.807, 2.05) is 43.3 Å². The summed E-state index contributed by atoms with van der Waals surface area (Å²) in [6.07, 6.45) is 2.46. The first-order valence-electron chi connectivity index (χ1n) is 10.1. The first-order valence-corrected chi connectivity index (χ1v) is 11.2. The van der Waals surface area contributed by atoms with E-state index in [1.165, 1.54) is 30.3 Å². The first kappa shape index (κ1) is 21.2. The average Bonchev–Trinajstić information content (AvgIpc) is 2.69. The molecule has 0 atom stereocenters. The molecule has 6 heteroatoms. The molecule has 0 unspecified atom stereocenters. The summed E-state index contributed by atoms with van der Waals surface area (Å²) in [6, 6.07) is 15.7. The second kappa shape index (κ2) is 10.3. The number of carbonyl (C=O) groups is 2. The minimum atomic E-state index is -0.103. The number of carbonyl (C=O) groups excluding carboxylic acids is 2. The van der Waals surface area contributed by atoms with Crippen LogP contribution in [0.3, 0.4) is 0 Å². The lowest BCUT2D eigenvalue weighted by atomic mass is 9.99. The first-order chi connectivity index (χ1) is 14.0. The Morgan fingerprint density at radius 2 is 1.59 bits per heavy atom. The summed E-state index contributed by atoms with van der Waals surface area (Å²) in [7, 11) is 0. The molecule has 29 heavy (non-hydrogen) atoms. The number of thioether (sulfide) groups is 1. The SMILES string of the molecule is Cc1cccc(NC(=O)CSCC(=O)Nc2ccc(N3CCC(C)CC3)cc2)c1. The molecule has 2 N–H and O–H groups in total. The van der Waals surface area contributed by atoms with E-state index < -0.39 is 0 Å². The molecule has 3 rings (SSSR count). The Morgan fingerprint density at radius 3 is 2.21 bits per heavy atom. The van der Waals surface area contributed by atoms with Gasteiger partial charge in [-0.1, -0.05) is 19.1 Å². The zero-order valence-electron chi connectivity index (χ0n) is 17.1. The number of amides is 2. The second-order valence-electron chi connectivity index (χ2n) is 7.68. The predicted molar refractivity (Wildman–Crippen MR) is 123 cm³/mol. The number of benzene rings is 2. The van der Waals surface area contributed by atoms with Crippen molar-refractivity contribution < 1.29 is 9.59 Å². The highest BCUT2D eigenvalue weighted by Crippen LogP contribution is 2.24. The van der Waals surface area contributed by atoms with Crippen molar-refractivity contribution in [2.75, 3.05) is 40.1 Å². The van der Waals surface area contributed by atoms with Gasteiger partial charge in [-0.05, 0) is 67.6 Å². The smallest absolute Gasteiger partial charge is 0.234 e. The van der Waals surface area contributed by atoms with Crippen LogP contribution in [0, 0.1) is 12.8 Å². The van der Waals surface area contributed by atoms with Crippen LogP contribution in [-0.2, 0) is 9.59 Å². The molecule has 0 aliphatic carbocycles. The van der Waals surface area contributed by atoms with E-state index in [1.54, 1.807) is 0 Å². The number of anilines is 3. The maximum atomic E-state index is 12.1. The molecular formula is C23H29N3O2S. The van der Waals surface area contributed by atoms with Crippen molar-refractivity contribution in [2.45, 2.75) is 26.7 Å². The number of nitrogens with zero attached hydrogens (tertiary/aromatic N) is 1. The van der Waals surface area contributed by atoms with Crippen LogP contribution >= 0.6 is 11.8 Å². The van der Waals surface area contributed by atoms with Crippen molar-refractivity contribution in [1.29, 1.82) is 0 Å². The van der Waals surface area contributed by atoms with Gasteiger partial charge in [0, 0.05) is 30.2 Å². The molecule has 1 heterocycles. The predicted octanol–water partition coefficient (Wildman–Crippen LogP) is 4.54. The van der Waals surface area contributed by atoms with Crippen molar-refractivity contribution in [3.8, 4) is 0 Å². The fourth-order valence-electron chi connectivity index (χ4n) is 3.38. The van der Waals surface area contributed by atoms with E-state index in [9.17, 15) is 9.59 Å². The molecule has 2 aromatic carbocycles. The number of rotatable bonds is 7. The molecule has 0 saturated carbocycles.